The van der Waals surface area contributed by atoms with E-state index in [1.807, 2.05) is 6.07 Å². The number of carbonyl (C=O) groups is 2. The largest absolute Gasteiger partial charge is 0.374 e. The highest BCUT2D eigenvalue weighted by Crippen LogP contribution is 2.38. The number of amides is 3. The monoisotopic (exact) mass is 325 g/mol. The zero-order valence-electron chi connectivity index (χ0n) is 10.9. The third-order valence-electron chi connectivity index (χ3n) is 4.06. The summed E-state index contributed by atoms with van der Waals surface area (Å²) < 4.78 is 3.92. The van der Waals surface area contributed by atoms with Crippen LogP contribution in [0, 0.1) is 17.2 Å². The number of rotatable bonds is 3. The van der Waals surface area contributed by atoms with Crippen molar-refractivity contribution in [3.8, 4) is 6.07 Å². The van der Waals surface area contributed by atoms with E-state index in [0.29, 0.717) is 23.5 Å². The molecule has 2 aliphatic rings. The van der Waals surface area contributed by atoms with Gasteiger partial charge in [-0.15, -0.1) is 0 Å². The third-order valence-corrected chi connectivity index (χ3v) is 5.24. The standard InChI is InChI=1S/C12H12ClN5O2S/c13-8-7(4-14)9(21-18-8)15-5-6-2-1-3-12(6)10(19)16-11(20)17-12/h6,15H,1-3,5H2,(H2,16,17,19,20). The highest BCUT2D eigenvalue weighted by atomic mass is 35.5. The van der Waals surface area contributed by atoms with Crippen molar-refractivity contribution in [1.29, 1.82) is 5.26 Å². The number of urea groups is 1. The first-order chi connectivity index (χ1) is 10.1. The lowest BCUT2D eigenvalue weighted by molar-refractivity contribution is -0.125. The van der Waals surface area contributed by atoms with Crippen molar-refractivity contribution in [3.63, 3.8) is 0 Å². The van der Waals surface area contributed by atoms with Gasteiger partial charge < -0.3 is 10.6 Å². The molecule has 0 bridgehead atoms. The van der Waals surface area contributed by atoms with Crippen molar-refractivity contribution in [3.05, 3.63) is 10.7 Å². The van der Waals surface area contributed by atoms with Gasteiger partial charge in [-0.05, 0) is 24.4 Å². The van der Waals surface area contributed by atoms with Crippen LogP contribution in [0.2, 0.25) is 5.15 Å². The van der Waals surface area contributed by atoms with Crippen LogP contribution in [0.25, 0.3) is 0 Å². The number of halogens is 1. The molecule has 1 saturated heterocycles. The highest BCUT2D eigenvalue weighted by Gasteiger charge is 2.54. The second kappa shape index (κ2) is 5.16. The van der Waals surface area contributed by atoms with Crippen LogP contribution in [-0.2, 0) is 4.79 Å². The van der Waals surface area contributed by atoms with E-state index in [1.54, 1.807) is 0 Å². The number of aromatic nitrogens is 1. The third kappa shape index (κ3) is 2.22. The van der Waals surface area contributed by atoms with Crippen LogP contribution in [0.15, 0.2) is 0 Å². The number of hydrogen-bond acceptors (Lipinski definition) is 6. The fourth-order valence-corrected chi connectivity index (χ4v) is 3.97. The first-order valence-corrected chi connectivity index (χ1v) is 7.64. The number of imide groups is 1. The number of hydrogen-bond donors (Lipinski definition) is 3. The van der Waals surface area contributed by atoms with Gasteiger partial charge in [0.05, 0.1) is 0 Å². The molecule has 3 N–H and O–H groups in total. The second-order valence-corrected chi connectivity index (χ2v) is 6.27. The molecule has 21 heavy (non-hydrogen) atoms. The van der Waals surface area contributed by atoms with Crippen LogP contribution >= 0.6 is 23.1 Å². The van der Waals surface area contributed by atoms with Crippen molar-refractivity contribution in [2.24, 2.45) is 5.92 Å². The van der Waals surface area contributed by atoms with Gasteiger partial charge in [0.25, 0.3) is 5.91 Å². The molecule has 0 aromatic carbocycles. The molecule has 1 aliphatic carbocycles. The maximum absolute atomic E-state index is 12.1. The smallest absolute Gasteiger partial charge is 0.322 e. The second-order valence-electron chi connectivity index (χ2n) is 5.14. The first-order valence-electron chi connectivity index (χ1n) is 6.49. The highest BCUT2D eigenvalue weighted by molar-refractivity contribution is 7.10. The first kappa shape index (κ1) is 14.1. The molecular formula is C12H12ClN5O2S. The van der Waals surface area contributed by atoms with Crippen molar-refractivity contribution in [2.45, 2.75) is 24.8 Å². The van der Waals surface area contributed by atoms with Gasteiger partial charge in [0.15, 0.2) is 5.15 Å². The summed E-state index contributed by atoms with van der Waals surface area (Å²) >= 11 is 6.93. The topological polar surface area (TPSA) is 107 Å². The van der Waals surface area contributed by atoms with E-state index in [-0.39, 0.29) is 17.0 Å². The van der Waals surface area contributed by atoms with Gasteiger partial charge in [-0.1, -0.05) is 18.0 Å². The molecule has 3 amide bonds. The number of nitriles is 1. The Morgan fingerprint density at radius 2 is 2.38 bits per heavy atom. The molecule has 1 saturated carbocycles. The van der Waals surface area contributed by atoms with Crippen LogP contribution in [0.4, 0.5) is 9.80 Å². The van der Waals surface area contributed by atoms with Crippen molar-refractivity contribution in [2.75, 3.05) is 11.9 Å². The Bertz CT molecular complexity index is 655. The summed E-state index contributed by atoms with van der Waals surface area (Å²) in [7, 11) is 0. The summed E-state index contributed by atoms with van der Waals surface area (Å²) in [5.41, 5.74) is -0.514. The van der Waals surface area contributed by atoms with E-state index in [2.05, 4.69) is 20.3 Å². The van der Waals surface area contributed by atoms with Gasteiger partial charge in [-0.25, -0.2) is 4.79 Å². The minimum atomic E-state index is -0.828. The SMILES string of the molecule is N#Cc1c(Cl)nsc1NCC1CCCC12NC(=O)NC2=O. The van der Waals surface area contributed by atoms with Crippen LogP contribution < -0.4 is 16.0 Å². The van der Waals surface area contributed by atoms with Gasteiger partial charge in [-0.3, -0.25) is 10.1 Å². The fraction of sp³-hybridized carbons (Fsp3) is 0.500. The molecule has 1 aliphatic heterocycles. The minimum absolute atomic E-state index is 0.0311. The molecule has 1 spiro atoms. The van der Waals surface area contributed by atoms with E-state index < -0.39 is 11.6 Å². The van der Waals surface area contributed by atoms with Crippen molar-refractivity contribution < 1.29 is 9.59 Å². The predicted molar refractivity (Wildman–Crippen MR) is 77.1 cm³/mol. The summed E-state index contributed by atoms with van der Waals surface area (Å²) in [6.07, 6.45) is 2.33. The average molecular weight is 326 g/mol. The number of anilines is 1. The van der Waals surface area contributed by atoms with E-state index >= 15 is 0 Å². The molecule has 2 atom stereocenters. The molecule has 2 unspecified atom stereocenters. The Balaban J connectivity index is 1.74. The molecule has 3 rings (SSSR count). The summed E-state index contributed by atoms with van der Waals surface area (Å²) in [4.78, 5) is 23.5. The normalized spacial score (nSPS) is 27.5. The van der Waals surface area contributed by atoms with Gasteiger partial charge in [-0.2, -0.15) is 9.64 Å². The van der Waals surface area contributed by atoms with Gasteiger partial charge in [0.2, 0.25) is 0 Å². The molecule has 9 heteroatoms. The average Bonchev–Trinajstić information content (AvgIpc) is 3.08. The zero-order chi connectivity index (χ0) is 15.0. The quantitative estimate of drug-likeness (QED) is 0.729. The van der Waals surface area contributed by atoms with E-state index in [0.717, 1.165) is 24.4 Å². The van der Waals surface area contributed by atoms with Crippen LogP contribution in [0.3, 0.4) is 0 Å². The molecule has 1 aromatic heterocycles. The van der Waals surface area contributed by atoms with Crippen LogP contribution in [-0.4, -0.2) is 28.4 Å². The zero-order valence-corrected chi connectivity index (χ0v) is 12.5. The molecule has 0 radical (unpaired) electrons. The lowest BCUT2D eigenvalue weighted by atomic mass is 9.87. The fourth-order valence-electron chi connectivity index (χ4n) is 3.03. The number of nitrogens with zero attached hydrogens (tertiary/aromatic N) is 2. The van der Waals surface area contributed by atoms with E-state index in [1.165, 1.54) is 0 Å². The Morgan fingerprint density at radius 1 is 1.57 bits per heavy atom. The van der Waals surface area contributed by atoms with Crippen LogP contribution in [0.1, 0.15) is 24.8 Å². The maximum atomic E-state index is 12.1. The van der Waals surface area contributed by atoms with Gasteiger partial charge in [0.1, 0.15) is 22.2 Å². The summed E-state index contributed by atoms with van der Waals surface area (Å²) in [5.74, 6) is -0.295. The van der Waals surface area contributed by atoms with E-state index in [4.69, 9.17) is 16.9 Å². The Labute approximate surface area is 129 Å². The summed E-state index contributed by atoms with van der Waals surface area (Å²) in [5, 5.41) is 18.0. The van der Waals surface area contributed by atoms with Crippen LogP contribution in [0.5, 0.6) is 0 Å². The number of nitrogens with one attached hydrogen (secondary N) is 3. The summed E-state index contributed by atoms with van der Waals surface area (Å²) in [6, 6.07) is 1.56. The summed E-state index contributed by atoms with van der Waals surface area (Å²) in [6.45, 7) is 0.473. The van der Waals surface area contributed by atoms with Crippen molar-refractivity contribution >= 4 is 40.1 Å². The van der Waals surface area contributed by atoms with Gasteiger partial charge >= 0.3 is 6.03 Å². The lowest BCUT2D eigenvalue weighted by Crippen LogP contribution is -2.51. The minimum Gasteiger partial charge on any atom is -0.374 e. The number of carbonyl (C=O) groups excluding carboxylic acids is 2. The van der Waals surface area contributed by atoms with E-state index in [9.17, 15) is 9.59 Å². The molecule has 2 heterocycles. The Kier molecular flexibility index (Phi) is 3.47. The molecular weight excluding hydrogens is 314 g/mol. The Hall–Kier alpha value is -1.85. The molecule has 2 fully saturated rings. The Morgan fingerprint density at radius 3 is 3.05 bits per heavy atom. The predicted octanol–water partition coefficient (Wildman–Crippen LogP) is 1.46. The van der Waals surface area contributed by atoms with Gasteiger partial charge in [0, 0.05) is 12.5 Å². The van der Waals surface area contributed by atoms with Crippen molar-refractivity contribution in [1.82, 2.24) is 15.0 Å². The lowest BCUT2D eigenvalue weighted by Gasteiger charge is -2.28. The maximum Gasteiger partial charge on any atom is 0.322 e. The molecule has 7 nitrogen and oxygen atoms in total. The molecule has 110 valence electrons. The molecule has 1 aromatic rings.